The number of likely N-dealkylation sites (tertiary alicyclic amines) is 1. The second-order valence-corrected chi connectivity index (χ2v) is 7.62. The predicted molar refractivity (Wildman–Crippen MR) is 94.6 cm³/mol. The van der Waals surface area contributed by atoms with Gasteiger partial charge in [0.05, 0.1) is 5.41 Å². The van der Waals surface area contributed by atoms with Crippen LogP contribution in [0.2, 0.25) is 5.02 Å². The monoisotopic (exact) mass is 359 g/mol. The highest BCUT2D eigenvalue weighted by Crippen LogP contribution is 2.46. The molecule has 4 rings (SSSR count). The summed E-state index contributed by atoms with van der Waals surface area (Å²) in [7, 11) is 0. The third-order valence-electron chi connectivity index (χ3n) is 5.70. The minimum Gasteiger partial charge on any atom is -0.342 e. The average molecular weight is 360 g/mol. The number of carbonyl (C=O) groups excluding carboxylic acids is 1. The number of nitrogens with zero attached hydrogens (tertiary/aromatic N) is 3. The van der Waals surface area contributed by atoms with E-state index in [0.29, 0.717) is 10.9 Å². The lowest BCUT2D eigenvalue weighted by Crippen LogP contribution is -2.52. The molecule has 1 saturated heterocycles. The molecule has 0 spiro atoms. The molecule has 0 bridgehead atoms. The first-order valence-corrected chi connectivity index (χ1v) is 9.32. The number of amides is 1. The molecule has 1 amide bonds. The molecule has 132 valence electrons. The molecule has 1 aliphatic heterocycles. The van der Waals surface area contributed by atoms with Gasteiger partial charge < -0.3 is 9.42 Å². The van der Waals surface area contributed by atoms with Crippen LogP contribution in [0.15, 0.2) is 28.8 Å². The van der Waals surface area contributed by atoms with Crippen LogP contribution in [-0.4, -0.2) is 34.0 Å². The van der Waals surface area contributed by atoms with Gasteiger partial charge in [0.15, 0.2) is 5.82 Å². The highest BCUT2D eigenvalue weighted by atomic mass is 35.5. The lowest BCUT2D eigenvalue weighted by atomic mass is 9.63. The Labute approximate surface area is 152 Å². The van der Waals surface area contributed by atoms with E-state index in [1.54, 1.807) is 0 Å². The Morgan fingerprint density at radius 1 is 1.24 bits per heavy atom. The van der Waals surface area contributed by atoms with Crippen LogP contribution < -0.4 is 0 Å². The molecule has 0 radical (unpaired) electrons. The van der Waals surface area contributed by atoms with Crippen molar-refractivity contribution in [1.82, 2.24) is 15.0 Å². The van der Waals surface area contributed by atoms with Crippen LogP contribution in [0.25, 0.3) is 0 Å². The van der Waals surface area contributed by atoms with Crippen LogP contribution >= 0.6 is 11.6 Å². The van der Waals surface area contributed by atoms with E-state index in [0.717, 1.165) is 56.6 Å². The summed E-state index contributed by atoms with van der Waals surface area (Å²) in [5, 5.41) is 4.75. The molecule has 2 heterocycles. The van der Waals surface area contributed by atoms with Crippen molar-refractivity contribution in [3.63, 3.8) is 0 Å². The number of aromatic nitrogens is 2. The Kier molecular flexibility index (Phi) is 4.28. The summed E-state index contributed by atoms with van der Waals surface area (Å²) in [6.07, 6.45) is 4.74. The highest BCUT2D eigenvalue weighted by molar-refractivity contribution is 6.30. The fourth-order valence-corrected chi connectivity index (χ4v) is 4.18. The molecule has 6 heteroatoms. The first-order valence-electron chi connectivity index (χ1n) is 8.94. The van der Waals surface area contributed by atoms with Gasteiger partial charge in [-0.1, -0.05) is 35.3 Å². The molecular weight excluding hydrogens is 338 g/mol. The van der Waals surface area contributed by atoms with Crippen molar-refractivity contribution in [1.29, 1.82) is 0 Å². The van der Waals surface area contributed by atoms with Gasteiger partial charge in [0.1, 0.15) is 0 Å². The Bertz CT molecular complexity index is 759. The lowest BCUT2D eigenvalue weighted by molar-refractivity contribution is -0.142. The molecule has 5 nitrogen and oxygen atoms in total. The molecule has 1 aromatic carbocycles. The van der Waals surface area contributed by atoms with Gasteiger partial charge >= 0.3 is 0 Å². The number of benzene rings is 1. The van der Waals surface area contributed by atoms with Crippen molar-refractivity contribution >= 4 is 17.5 Å². The summed E-state index contributed by atoms with van der Waals surface area (Å²) < 4.78 is 5.09. The number of aryl methyl sites for hydroxylation is 1. The number of halogens is 1. The molecule has 0 unspecified atom stereocenters. The standard InChI is InChI=1S/C19H22ClN3O2/c1-13-21-17(22-25-13)14-7-11-23(12-8-14)18(24)19(9-2-10-19)15-3-5-16(20)6-4-15/h3-6,14H,2,7-12H2,1H3. The van der Waals surface area contributed by atoms with E-state index in [1.165, 1.54) is 0 Å². The predicted octanol–water partition coefficient (Wildman–Crippen LogP) is 3.86. The van der Waals surface area contributed by atoms with Crippen LogP contribution in [0.1, 0.15) is 55.3 Å². The van der Waals surface area contributed by atoms with E-state index < -0.39 is 0 Å². The molecule has 0 N–H and O–H groups in total. The summed E-state index contributed by atoms with van der Waals surface area (Å²) >= 11 is 6.01. The zero-order valence-electron chi connectivity index (χ0n) is 14.4. The Morgan fingerprint density at radius 3 is 2.44 bits per heavy atom. The van der Waals surface area contributed by atoms with Crippen molar-refractivity contribution in [2.45, 2.75) is 50.4 Å². The third-order valence-corrected chi connectivity index (χ3v) is 5.96. The molecule has 2 fully saturated rings. The molecule has 2 aromatic rings. The first kappa shape index (κ1) is 16.6. The number of hydrogen-bond acceptors (Lipinski definition) is 4. The van der Waals surface area contributed by atoms with Crippen LogP contribution in [-0.2, 0) is 10.2 Å². The van der Waals surface area contributed by atoms with Gasteiger partial charge in [0.25, 0.3) is 0 Å². The SMILES string of the molecule is Cc1nc(C2CCN(C(=O)C3(c4ccc(Cl)cc4)CCC3)CC2)no1. The van der Waals surface area contributed by atoms with Crippen molar-refractivity contribution < 1.29 is 9.32 Å². The summed E-state index contributed by atoms with van der Waals surface area (Å²) in [5.74, 6) is 1.93. The first-order chi connectivity index (χ1) is 12.1. The maximum absolute atomic E-state index is 13.3. The van der Waals surface area contributed by atoms with E-state index in [1.807, 2.05) is 36.1 Å². The molecule has 1 aromatic heterocycles. The minimum absolute atomic E-state index is 0.267. The van der Waals surface area contributed by atoms with E-state index in [9.17, 15) is 4.79 Å². The second-order valence-electron chi connectivity index (χ2n) is 7.18. The van der Waals surface area contributed by atoms with Gasteiger partial charge in [-0.25, -0.2) is 0 Å². The van der Waals surface area contributed by atoms with Gasteiger partial charge in [-0.05, 0) is 43.4 Å². The summed E-state index contributed by atoms with van der Waals surface area (Å²) in [4.78, 5) is 19.6. The maximum Gasteiger partial charge on any atom is 0.233 e. The zero-order valence-corrected chi connectivity index (χ0v) is 15.1. The van der Waals surface area contributed by atoms with Gasteiger partial charge in [0, 0.05) is 31.0 Å². The van der Waals surface area contributed by atoms with Gasteiger partial charge in [-0.15, -0.1) is 0 Å². The van der Waals surface area contributed by atoms with Crippen molar-refractivity contribution in [2.24, 2.45) is 0 Å². The van der Waals surface area contributed by atoms with Gasteiger partial charge in [-0.3, -0.25) is 4.79 Å². The maximum atomic E-state index is 13.3. The fourth-order valence-electron chi connectivity index (χ4n) is 4.05. The third kappa shape index (κ3) is 2.95. The Balaban J connectivity index is 1.47. The molecular formula is C19H22ClN3O2. The van der Waals surface area contributed by atoms with E-state index >= 15 is 0 Å². The second kappa shape index (κ2) is 6.45. The Morgan fingerprint density at radius 2 is 1.92 bits per heavy atom. The molecule has 1 saturated carbocycles. The normalized spacial score (nSPS) is 20.3. The summed E-state index contributed by atoms with van der Waals surface area (Å²) in [5.41, 5.74) is 0.754. The smallest absolute Gasteiger partial charge is 0.233 e. The molecule has 25 heavy (non-hydrogen) atoms. The van der Waals surface area contributed by atoms with Crippen molar-refractivity contribution in [3.8, 4) is 0 Å². The summed E-state index contributed by atoms with van der Waals surface area (Å²) in [6, 6.07) is 7.78. The van der Waals surface area contributed by atoms with E-state index in [2.05, 4.69) is 10.1 Å². The Hall–Kier alpha value is -1.88. The summed E-state index contributed by atoms with van der Waals surface area (Å²) in [6.45, 7) is 3.32. The fraction of sp³-hybridized carbons (Fsp3) is 0.526. The van der Waals surface area contributed by atoms with Gasteiger partial charge in [-0.2, -0.15) is 4.98 Å². The molecule has 1 aliphatic carbocycles. The van der Waals surface area contributed by atoms with Gasteiger partial charge in [0.2, 0.25) is 11.8 Å². The number of hydrogen-bond donors (Lipinski definition) is 0. The van der Waals surface area contributed by atoms with Crippen LogP contribution in [0.3, 0.4) is 0 Å². The molecule has 0 atom stereocenters. The topological polar surface area (TPSA) is 59.2 Å². The lowest BCUT2D eigenvalue weighted by Gasteiger charge is -2.45. The van der Waals surface area contributed by atoms with Crippen LogP contribution in [0.5, 0.6) is 0 Å². The largest absolute Gasteiger partial charge is 0.342 e. The van der Waals surface area contributed by atoms with Crippen molar-refractivity contribution in [3.05, 3.63) is 46.6 Å². The van der Waals surface area contributed by atoms with E-state index in [-0.39, 0.29) is 17.2 Å². The van der Waals surface area contributed by atoms with Crippen LogP contribution in [0.4, 0.5) is 0 Å². The van der Waals surface area contributed by atoms with Crippen LogP contribution in [0, 0.1) is 6.92 Å². The van der Waals surface area contributed by atoms with E-state index in [4.69, 9.17) is 16.1 Å². The number of carbonyl (C=O) groups is 1. The zero-order chi connectivity index (χ0) is 17.4. The quantitative estimate of drug-likeness (QED) is 0.834. The van der Waals surface area contributed by atoms with Crippen molar-refractivity contribution in [2.75, 3.05) is 13.1 Å². The number of piperidine rings is 1. The minimum atomic E-state index is -0.347. The highest BCUT2D eigenvalue weighted by Gasteiger charge is 2.48. The molecule has 2 aliphatic rings. The average Bonchev–Trinajstić information content (AvgIpc) is 3.02. The number of rotatable bonds is 3.